The Morgan fingerprint density at radius 1 is 1.47 bits per heavy atom. The highest BCUT2D eigenvalue weighted by atomic mass is 79.9. The predicted molar refractivity (Wildman–Crippen MR) is 69.8 cm³/mol. The minimum Gasteiger partial charge on any atom is -0.328 e. The van der Waals surface area contributed by atoms with Crippen molar-refractivity contribution in [1.82, 2.24) is 9.88 Å². The molecule has 0 N–H and O–H groups in total. The topological polar surface area (TPSA) is 33.2 Å². The highest BCUT2D eigenvalue weighted by Crippen LogP contribution is 2.34. The molecule has 0 aromatic carbocycles. The molecule has 0 radical (unpaired) electrons. The van der Waals surface area contributed by atoms with E-state index in [4.69, 9.17) is 0 Å². The molecule has 0 aliphatic carbocycles. The van der Waals surface area contributed by atoms with Gasteiger partial charge in [-0.1, -0.05) is 6.07 Å². The van der Waals surface area contributed by atoms with Crippen molar-refractivity contribution in [1.29, 1.82) is 0 Å². The van der Waals surface area contributed by atoms with Crippen LogP contribution in [-0.2, 0) is 13.1 Å². The predicted octanol–water partition coefficient (Wildman–Crippen LogP) is 3.06. The van der Waals surface area contributed by atoms with Gasteiger partial charge >= 0.3 is 0 Å². The van der Waals surface area contributed by atoms with Crippen LogP contribution in [0.2, 0.25) is 0 Å². The van der Waals surface area contributed by atoms with E-state index in [9.17, 15) is 4.79 Å². The number of pyridine rings is 1. The molecule has 0 unspecified atom stereocenters. The summed E-state index contributed by atoms with van der Waals surface area (Å²) in [5, 5.41) is 0. The number of fused-ring (bicyclic) bond motifs is 1. The second-order valence-corrected chi connectivity index (χ2v) is 6.32. The van der Waals surface area contributed by atoms with Gasteiger partial charge in [0.15, 0.2) is 0 Å². The Kier molecular flexibility index (Phi) is 2.72. The summed E-state index contributed by atoms with van der Waals surface area (Å²) in [6.07, 6.45) is 1.75. The number of carbonyl (C=O) groups is 1. The van der Waals surface area contributed by atoms with Gasteiger partial charge < -0.3 is 4.90 Å². The third-order valence-corrected chi connectivity index (χ3v) is 4.37. The smallest absolute Gasteiger partial charge is 0.264 e. The van der Waals surface area contributed by atoms with Crippen molar-refractivity contribution in [2.75, 3.05) is 0 Å². The number of hydrogen-bond acceptors (Lipinski definition) is 3. The zero-order chi connectivity index (χ0) is 11.8. The van der Waals surface area contributed by atoms with Crippen molar-refractivity contribution < 1.29 is 4.79 Å². The van der Waals surface area contributed by atoms with Gasteiger partial charge in [0.25, 0.3) is 5.91 Å². The summed E-state index contributed by atoms with van der Waals surface area (Å²) in [6.45, 7) is 1.27. The molecule has 17 heavy (non-hydrogen) atoms. The second-order valence-electron chi connectivity index (χ2n) is 3.89. The zero-order valence-corrected chi connectivity index (χ0v) is 11.3. The van der Waals surface area contributed by atoms with Crippen LogP contribution in [0.5, 0.6) is 0 Å². The molecule has 86 valence electrons. The molecular formula is C12H9BrN2OS. The number of aromatic nitrogens is 1. The van der Waals surface area contributed by atoms with Crippen molar-refractivity contribution in [2.24, 2.45) is 0 Å². The lowest BCUT2D eigenvalue weighted by Gasteiger charge is -2.14. The maximum Gasteiger partial charge on any atom is 0.264 e. The molecule has 0 fully saturated rings. The van der Waals surface area contributed by atoms with E-state index in [1.165, 1.54) is 11.3 Å². The zero-order valence-electron chi connectivity index (χ0n) is 8.89. The molecule has 2 aromatic heterocycles. The van der Waals surface area contributed by atoms with Gasteiger partial charge in [-0.2, -0.15) is 0 Å². The van der Waals surface area contributed by atoms with Gasteiger partial charge in [0.1, 0.15) is 0 Å². The molecule has 0 saturated carbocycles. The first-order valence-electron chi connectivity index (χ1n) is 5.21. The summed E-state index contributed by atoms with van der Waals surface area (Å²) in [7, 11) is 0. The standard InChI is InChI=1S/C12H9BrN2OS/c13-10-5-8-6-15(12(16)11(8)17-10)7-9-3-1-2-4-14-9/h1-5H,6-7H2. The van der Waals surface area contributed by atoms with Crippen molar-refractivity contribution in [3.63, 3.8) is 0 Å². The van der Waals surface area contributed by atoms with E-state index in [-0.39, 0.29) is 5.91 Å². The number of carbonyl (C=O) groups excluding carboxylic acids is 1. The molecule has 1 aliphatic heterocycles. The summed E-state index contributed by atoms with van der Waals surface area (Å²) in [5.41, 5.74) is 2.04. The number of nitrogens with zero attached hydrogens (tertiary/aromatic N) is 2. The Morgan fingerprint density at radius 2 is 2.35 bits per heavy atom. The van der Waals surface area contributed by atoms with Gasteiger partial charge in [-0.05, 0) is 39.7 Å². The summed E-state index contributed by atoms with van der Waals surface area (Å²) in [6, 6.07) is 7.78. The van der Waals surface area contributed by atoms with Crippen molar-refractivity contribution >= 4 is 33.2 Å². The Morgan fingerprint density at radius 3 is 3.06 bits per heavy atom. The van der Waals surface area contributed by atoms with Crippen LogP contribution in [0.3, 0.4) is 0 Å². The number of hydrogen-bond donors (Lipinski definition) is 0. The van der Waals surface area contributed by atoms with Gasteiger partial charge in [0, 0.05) is 12.7 Å². The Balaban J connectivity index is 1.81. The summed E-state index contributed by atoms with van der Waals surface area (Å²) in [5.74, 6) is 0.112. The average Bonchev–Trinajstić information content (AvgIpc) is 2.81. The lowest BCUT2D eigenvalue weighted by atomic mass is 10.3. The molecule has 0 spiro atoms. The molecule has 0 saturated heterocycles. The third kappa shape index (κ3) is 2.00. The highest BCUT2D eigenvalue weighted by molar-refractivity contribution is 9.11. The fourth-order valence-electron chi connectivity index (χ4n) is 1.93. The second kappa shape index (κ2) is 4.23. The summed E-state index contributed by atoms with van der Waals surface area (Å²) >= 11 is 4.91. The molecule has 1 aliphatic rings. The monoisotopic (exact) mass is 308 g/mol. The van der Waals surface area contributed by atoms with E-state index in [1.807, 2.05) is 29.2 Å². The molecule has 5 heteroatoms. The first-order chi connectivity index (χ1) is 8.24. The van der Waals surface area contributed by atoms with Gasteiger partial charge in [-0.15, -0.1) is 11.3 Å². The van der Waals surface area contributed by atoms with Crippen LogP contribution >= 0.6 is 27.3 Å². The minimum atomic E-state index is 0.112. The van der Waals surface area contributed by atoms with Crippen LogP contribution in [0.15, 0.2) is 34.2 Å². The Bertz CT molecular complexity index is 567. The van der Waals surface area contributed by atoms with Gasteiger partial charge in [0.05, 0.1) is 20.9 Å². The molecule has 3 rings (SSSR count). The molecular weight excluding hydrogens is 300 g/mol. The maximum absolute atomic E-state index is 12.1. The summed E-state index contributed by atoms with van der Waals surface area (Å²) < 4.78 is 1.02. The van der Waals surface area contributed by atoms with E-state index in [0.717, 1.165) is 19.9 Å². The molecule has 1 amide bonds. The molecule has 2 aromatic rings. The van der Waals surface area contributed by atoms with Crippen molar-refractivity contribution in [3.8, 4) is 0 Å². The van der Waals surface area contributed by atoms with Crippen LogP contribution in [-0.4, -0.2) is 15.8 Å². The normalized spacial score (nSPS) is 14.2. The van der Waals surface area contributed by atoms with E-state index in [1.54, 1.807) is 6.20 Å². The maximum atomic E-state index is 12.1. The van der Waals surface area contributed by atoms with Crippen LogP contribution in [0.4, 0.5) is 0 Å². The molecule has 3 nitrogen and oxygen atoms in total. The average molecular weight is 309 g/mol. The SMILES string of the molecule is O=C1c2sc(Br)cc2CN1Cc1ccccn1. The number of halogens is 1. The lowest BCUT2D eigenvalue weighted by molar-refractivity contribution is 0.0768. The quantitative estimate of drug-likeness (QED) is 0.854. The first kappa shape index (κ1) is 10.9. The van der Waals surface area contributed by atoms with Crippen molar-refractivity contribution in [2.45, 2.75) is 13.1 Å². The number of amides is 1. The molecule has 0 bridgehead atoms. The largest absolute Gasteiger partial charge is 0.328 e. The van der Waals surface area contributed by atoms with Crippen LogP contribution in [0.25, 0.3) is 0 Å². The minimum absolute atomic E-state index is 0.112. The summed E-state index contributed by atoms with van der Waals surface area (Å²) in [4.78, 5) is 19.0. The fraction of sp³-hybridized carbons (Fsp3) is 0.167. The van der Waals surface area contributed by atoms with Gasteiger partial charge in [-0.25, -0.2) is 0 Å². The Labute approximate surface area is 111 Å². The Hall–Kier alpha value is -1.20. The first-order valence-corrected chi connectivity index (χ1v) is 6.82. The van der Waals surface area contributed by atoms with Crippen molar-refractivity contribution in [3.05, 3.63) is 50.4 Å². The van der Waals surface area contributed by atoms with Gasteiger partial charge in [-0.3, -0.25) is 9.78 Å². The van der Waals surface area contributed by atoms with E-state index in [0.29, 0.717) is 13.1 Å². The van der Waals surface area contributed by atoms with E-state index in [2.05, 4.69) is 20.9 Å². The van der Waals surface area contributed by atoms with Crippen LogP contribution in [0, 0.1) is 0 Å². The third-order valence-electron chi connectivity index (χ3n) is 2.70. The number of rotatable bonds is 2. The number of thiophene rings is 1. The van der Waals surface area contributed by atoms with E-state index < -0.39 is 0 Å². The molecule has 3 heterocycles. The fourth-order valence-corrected chi connectivity index (χ4v) is 3.56. The van der Waals surface area contributed by atoms with E-state index >= 15 is 0 Å². The van der Waals surface area contributed by atoms with Crippen LogP contribution < -0.4 is 0 Å². The molecule has 0 atom stereocenters. The van der Waals surface area contributed by atoms with Crippen LogP contribution in [0.1, 0.15) is 20.9 Å². The lowest BCUT2D eigenvalue weighted by Crippen LogP contribution is -2.23. The highest BCUT2D eigenvalue weighted by Gasteiger charge is 2.29. The van der Waals surface area contributed by atoms with Gasteiger partial charge in [0.2, 0.25) is 0 Å².